The van der Waals surface area contributed by atoms with Crippen LogP contribution in [0.15, 0.2) is 53.1 Å². The van der Waals surface area contributed by atoms with Crippen molar-refractivity contribution in [3.63, 3.8) is 0 Å². The van der Waals surface area contributed by atoms with E-state index in [1.54, 1.807) is 13.0 Å². The highest BCUT2D eigenvalue weighted by atomic mass is 16.5. The summed E-state index contributed by atoms with van der Waals surface area (Å²) in [5.74, 6) is -0.181. The molecule has 2 aromatic carbocycles. The van der Waals surface area contributed by atoms with Gasteiger partial charge in [-0.3, -0.25) is 14.4 Å². The van der Waals surface area contributed by atoms with Crippen molar-refractivity contribution in [3.8, 4) is 0 Å². The maximum absolute atomic E-state index is 12.3. The van der Waals surface area contributed by atoms with E-state index in [0.29, 0.717) is 5.76 Å². The lowest BCUT2D eigenvalue weighted by atomic mass is 10.0. The maximum Gasteiger partial charge on any atom is 0.245 e. The number of aromatic nitrogens is 1. The van der Waals surface area contributed by atoms with E-state index in [4.69, 9.17) is 4.52 Å². The molecule has 0 aliphatic carbocycles. The van der Waals surface area contributed by atoms with Gasteiger partial charge in [0.1, 0.15) is 5.76 Å². The van der Waals surface area contributed by atoms with E-state index in [0.717, 1.165) is 16.3 Å². The number of carbonyl (C=O) groups is 3. The normalized spacial score (nSPS) is 10.6. The third-order valence-electron chi connectivity index (χ3n) is 4.37. The molecular weight excluding hydrogens is 372 g/mol. The lowest BCUT2D eigenvalue weighted by Gasteiger charge is -2.16. The summed E-state index contributed by atoms with van der Waals surface area (Å²) in [5.41, 5.74) is 0.892. The van der Waals surface area contributed by atoms with Crippen molar-refractivity contribution >= 4 is 34.3 Å². The van der Waals surface area contributed by atoms with Gasteiger partial charge in [0, 0.05) is 13.1 Å². The van der Waals surface area contributed by atoms with Crippen LogP contribution in [0.25, 0.3) is 10.8 Å². The number of aryl methyl sites for hydroxylation is 1. The average Bonchev–Trinajstić information content (AvgIpc) is 3.10. The molecule has 0 aliphatic rings. The topological polar surface area (TPSA) is 105 Å². The molecule has 150 valence electrons. The Bertz CT molecular complexity index is 1040. The van der Waals surface area contributed by atoms with Crippen molar-refractivity contribution in [3.05, 3.63) is 59.9 Å². The van der Waals surface area contributed by atoms with Gasteiger partial charge in [-0.15, -0.1) is 0 Å². The molecule has 0 bridgehead atoms. The number of hydrogen-bond donors (Lipinski definition) is 2. The second-order valence-corrected chi connectivity index (χ2v) is 6.71. The van der Waals surface area contributed by atoms with Crippen molar-refractivity contribution in [2.75, 3.05) is 25.5 Å². The minimum atomic E-state index is -0.406. The molecule has 3 amide bonds. The predicted octanol–water partition coefficient (Wildman–Crippen LogP) is 1.89. The number of carbonyl (C=O) groups excluding carboxylic acids is 3. The Morgan fingerprint density at radius 2 is 1.83 bits per heavy atom. The van der Waals surface area contributed by atoms with Gasteiger partial charge in [-0.1, -0.05) is 47.6 Å². The van der Waals surface area contributed by atoms with Crippen LogP contribution in [0, 0.1) is 6.92 Å². The Morgan fingerprint density at radius 3 is 2.59 bits per heavy atom. The first kappa shape index (κ1) is 20.1. The molecule has 0 fully saturated rings. The monoisotopic (exact) mass is 394 g/mol. The first-order valence-corrected chi connectivity index (χ1v) is 9.13. The van der Waals surface area contributed by atoms with Crippen molar-refractivity contribution in [1.29, 1.82) is 0 Å². The fraction of sp³-hybridized carbons (Fsp3) is 0.238. The van der Waals surface area contributed by atoms with Gasteiger partial charge >= 0.3 is 0 Å². The highest BCUT2D eigenvalue weighted by molar-refractivity contribution is 5.95. The Labute approximate surface area is 167 Å². The van der Waals surface area contributed by atoms with E-state index in [9.17, 15) is 14.4 Å². The second-order valence-electron chi connectivity index (χ2n) is 6.71. The summed E-state index contributed by atoms with van der Waals surface area (Å²) in [6, 6.07) is 15.2. The molecule has 1 heterocycles. The molecule has 0 radical (unpaired) electrons. The number of anilines is 1. The summed E-state index contributed by atoms with van der Waals surface area (Å²) < 4.78 is 4.87. The number of likely N-dealkylation sites (N-methyl/N-ethyl adjacent to an activating group) is 1. The smallest absolute Gasteiger partial charge is 0.245 e. The summed E-state index contributed by atoms with van der Waals surface area (Å²) >= 11 is 0. The predicted molar refractivity (Wildman–Crippen MR) is 108 cm³/mol. The summed E-state index contributed by atoms with van der Waals surface area (Å²) in [7, 11) is 1.49. The van der Waals surface area contributed by atoms with E-state index in [2.05, 4.69) is 15.8 Å². The number of benzene rings is 2. The van der Waals surface area contributed by atoms with Gasteiger partial charge in [0.2, 0.25) is 17.7 Å². The summed E-state index contributed by atoms with van der Waals surface area (Å²) in [4.78, 5) is 37.7. The Balaban J connectivity index is 1.47. The van der Waals surface area contributed by atoms with Crippen LogP contribution in [-0.4, -0.2) is 47.9 Å². The molecule has 0 atom stereocenters. The van der Waals surface area contributed by atoms with Crippen LogP contribution in [-0.2, 0) is 20.8 Å². The lowest BCUT2D eigenvalue weighted by molar-refractivity contribution is -0.134. The Hall–Kier alpha value is -3.68. The van der Waals surface area contributed by atoms with Crippen LogP contribution in [0.2, 0.25) is 0 Å². The first-order valence-electron chi connectivity index (χ1n) is 9.13. The highest BCUT2D eigenvalue weighted by Crippen LogP contribution is 2.18. The molecule has 8 nitrogen and oxygen atoms in total. The van der Waals surface area contributed by atoms with E-state index < -0.39 is 5.91 Å². The number of nitrogens with zero attached hydrogens (tertiary/aromatic N) is 2. The molecule has 2 N–H and O–H groups in total. The quantitative estimate of drug-likeness (QED) is 0.637. The molecule has 8 heteroatoms. The van der Waals surface area contributed by atoms with E-state index in [1.165, 1.54) is 11.9 Å². The van der Waals surface area contributed by atoms with Crippen LogP contribution in [0.1, 0.15) is 11.3 Å². The van der Waals surface area contributed by atoms with Crippen molar-refractivity contribution in [2.45, 2.75) is 13.3 Å². The molecular formula is C21H22N4O4. The van der Waals surface area contributed by atoms with Crippen LogP contribution in [0.4, 0.5) is 5.82 Å². The van der Waals surface area contributed by atoms with Crippen molar-refractivity contribution in [1.82, 2.24) is 15.4 Å². The molecule has 0 spiro atoms. The van der Waals surface area contributed by atoms with E-state index in [-0.39, 0.29) is 37.1 Å². The van der Waals surface area contributed by atoms with Gasteiger partial charge < -0.3 is 20.1 Å². The van der Waals surface area contributed by atoms with Crippen molar-refractivity contribution < 1.29 is 18.9 Å². The highest BCUT2D eigenvalue weighted by Gasteiger charge is 2.15. The summed E-state index contributed by atoms with van der Waals surface area (Å²) in [6.45, 7) is 1.36. The van der Waals surface area contributed by atoms with Gasteiger partial charge in [0.15, 0.2) is 5.82 Å². The number of hydrogen-bond acceptors (Lipinski definition) is 5. The zero-order chi connectivity index (χ0) is 20.8. The first-order chi connectivity index (χ1) is 13.9. The van der Waals surface area contributed by atoms with E-state index in [1.807, 2.05) is 42.5 Å². The Morgan fingerprint density at radius 1 is 1.07 bits per heavy atom. The molecule has 0 unspecified atom stereocenters. The van der Waals surface area contributed by atoms with Gasteiger partial charge in [-0.05, 0) is 23.3 Å². The standard InChI is InChI=1S/C21H22N4O4/c1-14-10-18(24-29-14)23-20(27)13-25(2)21(28)12-22-19(26)11-16-8-5-7-15-6-3-4-9-17(15)16/h3-10H,11-13H2,1-2H3,(H,22,26)(H,23,24,27). The van der Waals surface area contributed by atoms with Crippen LogP contribution < -0.4 is 10.6 Å². The minimum Gasteiger partial charge on any atom is -0.360 e. The fourth-order valence-electron chi connectivity index (χ4n) is 2.90. The molecule has 1 aromatic heterocycles. The van der Waals surface area contributed by atoms with Gasteiger partial charge in [0.05, 0.1) is 19.5 Å². The number of fused-ring (bicyclic) bond motifs is 1. The molecule has 0 aliphatic heterocycles. The number of rotatable bonds is 7. The summed E-state index contributed by atoms with van der Waals surface area (Å²) in [6.07, 6.45) is 0.171. The van der Waals surface area contributed by atoms with Crippen molar-refractivity contribution in [2.24, 2.45) is 0 Å². The van der Waals surface area contributed by atoms with Crippen LogP contribution in [0.5, 0.6) is 0 Å². The van der Waals surface area contributed by atoms with E-state index >= 15 is 0 Å². The third kappa shape index (κ3) is 5.41. The SMILES string of the molecule is Cc1cc(NC(=O)CN(C)C(=O)CNC(=O)Cc2cccc3ccccc23)no1. The fourth-order valence-corrected chi connectivity index (χ4v) is 2.90. The average molecular weight is 394 g/mol. The van der Waals surface area contributed by atoms with Gasteiger partial charge in [-0.25, -0.2) is 0 Å². The molecule has 0 saturated carbocycles. The number of nitrogens with one attached hydrogen (secondary N) is 2. The second kappa shape index (κ2) is 9.01. The third-order valence-corrected chi connectivity index (χ3v) is 4.37. The minimum absolute atomic E-state index is 0.163. The molecule has 0 saturated heterocycles. The van der Waals surface area contributed by atoms with Gasteiger partial charge in [-0.2, -0.15) is 0 Å². The maximum atomic E-state index is 12.3. The Kier molecular flexibility index (Phi) is 6.23. The molecule has 29 heavy (non-hydrogen) atoms. The largest absolute Gasteiger partial charge is 0.360 e. The van der Waals surface area contributed by atoms with Crippen LogP contribution in [0.3, 0.4) is 0 Å². The zero-order valence-electron chi connectivity index (χ0n) is 16.3. The lowest BCUT2D eigenvalue weighted by Crippen LogP contribution is -2.41. The van der Waals surface area contributed by atoms with Gasteiger partial charge in [0.25, 0.3) is 0 Å². The molecule has 3 rings (SSSR count). The molecule has 3 aromatic rings. The van der Waals surface area contributed by atoms with Crippen LogP contribution >= 0.6 is 0 Å². The zero-order valence-corrected chi connectivity index (χ0v) is 16.3. The number of amides is 3. The summed E-state index contributed by atoms with van der Waals surface area (Å²) in [5, 5.41) is 10.9.